The van der Waals surface area contributed by atoms with E-state index in [0.717, 1.165) is 22.5 Å². The number of hydrogen-bond donors (Lipinski definition) is 1. The van der Waals surface area contributed by atoms with Crippen LogP contribution in [0.3, 0.4) is 0 Å². The van der Waals surface area contributed by atoms with Gasteiger partial charge in [0.15, 0.2) is 5.82 Å². The van der Waals surface area contributed by atoms with Crippen molar-refractivity contribution in [2.24, 2.45) is 0 Å². The molecule has 7 heteroatoms. The Balaban J connectivity index is 1.82. The molecule has 1 atom stereocenters. The standard InChI is InChI=1S/C21H17Cl2N5/c1-14-7-10-17(23)13-19(14)28-21(25-26-27-28)20(15-8-11-16(22)12-9-15)24-18-5-3-2-4-6-18/h2-13,20,24H,1H3/t20-/m1/s1. The van der Waals surface area contributed by atoms with Crippen LogP contribution in [0.4, 0.5) is 5.69 Å². The SMILES string of the molecule is Cc1ccc(Cl)cc1-n1nnnc1[C@H](Nc1ccccc1)c1ccc(Cl)cc1. The molecule has 0 radical (unpaired) electrons. The van der Waals surface area contributed by atoms with Crippen LogP contribution in [-0.4, -0.2) is 20.2 Å². The third-order valence-corrected chi connectivity index (χ3v) is 4.93. The minimum atomic E-state index is -0.284. The van der Waals surface area contributed by atoms with E-state index in [1.165, 1.54) is 0 Å². The van der Waals surface area contributed by atoms with Crippen molar-refractivity contribution in [2.75, 3.05) is 5.32 Å². The molecule has 140 valence electrons. The van der Waals surface area contributed by atoms with Gasteiger partial charge in [-0.15, -0.1) is 5.10 Å². The molecule has 0 aliphatic rings. The van der Waals surface area contributed by atoms with Crippen molar-refractivity contribution in [3.63, 3.8) is 0 Å². The molecule has 4 rings (SSSR count). The van der Waals surface area contributed by atoms with Crippen molar-refractivity contribution in [3.8, 4) is 5.69 Å². The first-order valence-corrected chi connectivity index (χ1v) is 9.49. The fraction of sp³-hybridized carbons (Fsp3) is 0.0952. The highest BCUT2D eigenvalue weighted by Crippen LogP contribution is 2.29. The molecule has 0 unspecified atom stereocenters. The summed E-state index contributed by atoms with van der Waals surface area (Å²) in [5.41, 5.74) is 3.80. The van der Waals surface area contributed by atoms with Crippen LogP contribution >= 0.6 is 23.2 Å². The number of rotatable bonds is 5. The number of tetrazole rings is 1. The maximum absolute atomic E-state index is 6.22. The summed E-state index contributed by atoms with van der Waals surface area (Å²) in [6.07, 6.45) is 0. The quantitative estimate of drug-likeness (QED) is 0.474. The Kier molecular flexibility index (Phi) is 5.28. The summed E-state index contributed by atoms with van der Waals surface area (Å²) in [7, 11) is 0. The molecule has 0 saturated heterocycles. The Hall–Kier alpha value is -2.89. The van der Waals surface area contributed by atoms with Crippen LogP contribution in [0.25, 0.3) is 5.69 Å². The molecule has 5 nitrogen and oxygen atoms in total. The Morgan fingerprint density at radius 2 is 1.61 bits per heavy atom. The van der Waals surface area contributed by atoms with Gasteiger partial charge >= 0.3 is 0 Å². The van der Waals surface area contributed by atoms with Gasteiger partial charge in [0.05, 0.1) is 5.69 Å². The average Bonchev–Trinajstić information content (AvgIpc) is 3.19. The van der Waals surface area contributed by atoms with Crippen molar-refractivity contribution in [2.45, 2.75) is 13.0 Å². The van der Waals surface area contributed by atoms with E-state index in [2.05, 4.69) is 20.8 Å². The molecular weight excluding hydrogens is 393 g/mol. The first-order chi connectivity index (χ1) is 13.6. The van der Waals surface area contributed by atoms with Gasteiger partial charge in [0.1, 0.15) is 6.04 Å². The van der Waals surface area contributed by atoms with Crippen LogP contribution in [0.5, 0.6) is 0 Å². The lowest BCUT2D eigenvalue weighted by molar-refractivity contribution is 0.735. The van der Waals surface area contributed by atoms with Crippen molar-refractivity contribution >= 4 is 28.9 Å². The van der Waals surface area contributed by atoms with Crippen molar-refractivity contribution in [1.29, 1.82) is 0 Å². The molecule has 0 saturated carbocycles. The fourth-order valence-electron chi connectivity index (χ4n) is 3.01. The number of nitrogens with zero attached hydrogens (tertiary/aromatic N) is 4. The average molecular weight is 410 g/mol. The third kappa shape index (κ3) is 3.86. The van der Waals surface area contributed by atoms with E-state index < -0.39 is 0 Å². The summed E-state index contributed by atoms with van der Waals surface area (Å²) >= 11 is 12.3. The smallest absolute Gasteiger partial charge is 0.183 e. The van der Waals surface area contributed by atoms with E-state index in [9.17, 15) is 0 Å². The minimum absolute atomic E-state index is 0.284. The number of aromatic nitrogens is 4. The van der Waals surface area contributed by atoms with E-state index in [1.54, 1.807) is 4.68 Å². The highest BCUT2D eigenvalue weighted by molar-refractivity contribution is 6.31. The molecule has 0 bridgehead atoms. The topological polar surface area (TPSA) is 55.6 Å². The van der Waals surface area contributed by atoms with Gasteiger partial charge in [-0.25, -0.2) is 0 Å². The first kappa shape index (κ1) is 18.5. The van der Waals surface area contributed by atoms with Crippen LogP contribution in [0.1, 0.15) is 23.0 Å². The number of para-hydroxylation sites is 1. The fourth-order valence-corrected chi connectivity index (χ4v) is 3.30. The molecule has 1 N–H and O–H groups in total. The van der Waals surface area contributed by atoms with Crippen molar-refractivity contribution in [1.82, 2.24) is 20.2 Å². The Morgan fingerprint density at radius 1 is 0.893 bits per heavy atom. The Morgan fingerprint density at radius 3 is 2.36 bits per heavy atom. The number of aryl methyl sites for hydroxylation is 1. The molecule has 3 aromatic carbocycles. The second kappa shape index (κ2) is 8.00. The van der Waals surface area contributed by atoms with E-state index >= 15 is 0 Å². The van der Waals surface area contributed by atoms with Crippen molar-refractivity contribution in [3.05, 3.63) is 99.8 Å². The zero-order valence-corrected chi connectivity index (χ0v) is 16.6. The summed E-state index contributed by atoms with van der Waals surface area (Å²) in [5.74, 6) is 0.650. The van der Waals surface area contributed by atoms with Gasteiger partial charge in [0, 0.05) is 15.7 Å². The molecule has 0 fully saturated rings. The van der Waals surface area contributed by atoms with Crippen LogP contribution in [0, 0.1) is 6.92 Å². The lowest BCUT2D eigenvalue weighted by Crippen LogP contribution is -2.18. The summed E-state index contributed by atoms with van der Waals surface area (Å²) < 4.78 is 1.72. The lowest BCUT2D eigenvalue weighted by Gasteiger charge is -2.20. The summed E-state index contributed by atoms with van der Waals surface area (Å²) in [6, 6.07) is 23.0. The van der Waals surface area contributed by atoms with Gasteiger partial charge in [-0.1, -0.05) is 59.6 Å². The van der Waals surface area contributed by atoms with Gasteiger partial charge in [0.25, 0.3) is 0 Å². The van der Waals surface area contributed by atoms with Gasteiger partial charge in [0.2, 0.25) is 0 Å². The highest BCUT2D eigenvalue weighted by atomic mass is 35.5. The number of benzene rings is 3. The van der Waals surface area contributed by atoms with Crippen LogP contribution < -0.4 is 5.32 Å². The van der Waals surface area contributed by atoms with E-state index in [4.69, 9.17) is 23.2 Å². The predicted octanol–water partition coefficient (Wildman–Crippen LogP) is 5.48. The highest BCUT2D eigenvalue weighted by Gasteiger charge is 2.23. The predicted molar refractivity (Wildman–Crippen MR) is 112 cm³/mol. The van der Waals surface area contributed by atoms with E-state index in [0.29, 0.717) is 15.9 Å². The van der Waals surface area contributed by atoms with Crippen LogP contribution in [0.2, 0.25) is 10.0 Å². The summed E-state index contributed by atoms with van der Waals surface area (Å²) in [4.78, 5) is 0. The molecule has 0 spiro atoms. The molecule has 0 aliphatic carbocycles. The maximum atomic E-state index is 6.22. The molecule has 1 aromatic heterocycles. The Labute approximate surface area is 172 Å². The van der Waals surface area contributed by atoms with E-state index in [1.807, 2.05) is 79.7 Å². The number of halogens is 2. The molecule has 0 amide bonds. The van der Waals surface area contributed by atoms with Crippen molar-refractivity contribution < 1.29 is 0 Å². The van der Waals surface area contributed by atoms with Gasteiger partial charge in [-0.2, -0.15) is 4.68 Å². The minimum Gasteiger partial charge on any atom is -0.371 e. The van der Waals surface area contributed by atoms with Gasteiger partial charge in [-0.3, -0.25) is 0 Å². The lowest BCUT2D eigenvalue weighted by atomic mass is 10.1. The second-order valence-electron chi connectivity index (χ2n) is 6.37. The first-order valence-electron chi connectivity index (χ1n) is 8.73. The Bertz CT molecular complexity index is 1080. The molecule has 28 heavy (non-hydrogen) atoms. The van der Waals surface area contributed by atoms with Gasteiger partial charge in [-0.05, 0) is 64.9 Å². The second-order valence-corrected chi connectivity index (χ2v) is 7.25. The monoisotopic (exact) mass is 409 g/mol. The maximum Gasteiger partial charge on any atom is 0.183 e. The normalized spacial score (nSPS) is 12.0. The van der Waals surface area contributed by atoms with Gasteiger partial charge < -0.3 is 5.32 Å². The van der Waals surface area contributed by atoms with Crippen LogP contribution in [0.15, 0.2) is 72.8 Å². The summed E-state index contributed by atoms with van der Waals surface area (Å²) in [5, 5.41) is 17.3. The number of nitrogens with one attached hydrogen (secondary N) is 1. The number of anilines is 1. The van der Waals surface area contributed by atoms with Crippen LogP contribution in [-0.2, 0) is 0 Å². The largest absolute Gasteiger partial charge is 0.371 e. The summed E-state index contributed by atoms with van der Waals surface area (Å²) in [6.45, 7) is 2.00. The zero-order valence-electron chi connectivity index (χ0n) is 15.1. The number of hydrogen-bond acceptors (Lipinski definition) is 4. The molecular formula is C21H17Cl2N5. The molecule has 4 aromatic rings. The molecule has 1 heterocycles. The molecule has 0 aliphatic heterocycles. The third-order valence-electron chi connectivity index (χ3n) is 4.44. The zero-order chi connectivity index (χ0) is 19.5. The van der Waals surface area contributed by atoms with E-state index in [-0.39, 0.29) is 6.04 Å².